The first-order valence-corrected chi connectivity index (χ1v) is 24.4. The second-order valence-electron chi connectivity index (χ2n) is 16.0. The summed E-state index contributed by atoms with van der Waals surface area (Å²) in [5.41, 5.74) is 0. The molecule has 0 aromatic rings. The lowest BCUT2D eigenvalue weighted by atomic mass is 10.1. The number of hydrogen-bond acceptors (Lipinski definition) is 6. The van der Waals surface area contributed by atoms with Crippen LogP contribution in [-0.4, -0.2) is 37.2 Å². The Kier molecular flexibility index (Phi) is 45.0. The fourth-order valence-electron chi connectivity index (χ4n) is 6.56. The summed E-state index contributed by atoms with van der Waals surface area (Å²) in [5, 5.41) is 0. The molecule has 1 unspecified atom stereocenters. The third kappa shape index (κ3) is 45.8. The molecule has 0 amide bonds. The van der Waals surface area contributed by atoms with Gasteiger partial charge in [0.25, 0.3) is 0 Å². The molecule has 0 aliphatic heterocycles. The van der Waals surface area contributed by atoms with Crippen LogP contribution in [0.2, 0.25) is 0 Å². The Morgan fingerprint density at radius 1 is 0.356 bits per heavy atom. The molecule has 1 atom stereocenters. The van der Waals surface area contributed by atoms with Crippen LogP contribution in [0.25, 0.3) is 0 Å². The topological polar surface area (TPSA) is 78.9 Å². The number of ether oxygens (including phenoxy) is 3. The number of hydrogen-bond donors (Lipinski definition) is 0. The maximum atomic E-state index is 12.7. The number of allylic oxidation sites excluding steroid dienone is 12. The van der Waals surface area contributed by atoms with Gasteiger partial charge in [0.2, 0.25) is 0 Å². The van der Waals surface area contributed by atoms with Crippen molar-refractivity contribution in [1.82, 2.24) is 0 Å². The summed E-state index contributed by atoms with van der Waals surface area (Å²) in [5.74, 6) is -0.907. The normalized spacial score (nSPS) is 12.7. The Bertz CT molecular complexity index is 1130. The van der Waals surface area contributed by atoms with Crippen LogP contribution in [0.4, 0.5) is 0 Å². The Labute approximate surface area is 363 Å². The smallest absolute Gasteiger partial charge is 0.306 e. The molecule has 0 heterocycles. The van der Waals surface area contributed by atoms with Gasteiger partial charge in [-0.2, -0.15) is 0 Å². The number of rotatable bonds is 43. The molecule has 0 spiro atoms. The van der Waals surface area contributed by atoms with E-state index in [0.717, 1.165) is 103 Å². The average Bonchev–Trinajstić information content (AvgIpc) is 3.23. The van der Waals surface area contributed by atoms with Crippen LogP contribution in [0.5, 0.6) is 0 Å². The van der Waals surface area contributed by atoms with E-state index in [1.54, 1.807) is 0 Å². The first-order valence-electron chi connectivity index (χ1n) is 24.4. The van der Waals surface area contributed by atoms with Crippen molar-refractivity contribution < 1.29 is 28.6 Å². The Hall–Kier alpha value is -3.15. The van der Waals surface area contributed by atoms with Gasteiger partial charge in [-0.25, -0.2) is 0 Å². The van der Waals surface area contributed by atoms with Crippen LogP contribution >= 0.6 is 0 Å². The molecule has 0 fully saturated rings. The largest absolute Gasteiger partial charge is 0.462 e. The molecule has 0 aromatic carbocycles. The fraction of sp³-hybridized carbons (Fsp3) is 0.717. The summed E-state index contributed by atoms with van der Waals surface area (Å²) in [4.78, 5) is 37.6. The van der Waals surface area contributed by atoms with Crippen molar-refractivity contribution in [1.29, 1.82) is 0 Å². The summed E-state index contributed by atoms with van der Waals surface area (Å²) in [6, 6.07) is 0. The van der Waals surface area contributed by atoms with Crippen LogP contribution in [-0.2, 0) is 28.6 Å². The molecule has 0 N–H and O–H groups in total. The predicted molar refractivity (Wildman–Crippen MR) is 251 cm³/mol. The monoisotopic (exact) mass is 823 g/mol. The van der Waals surface area contributed by atoms with Gasteiger partial charge < -0.3 is 14.2 Å². The van der Waals surface area contributed by atoms with Crippen LogP contribution < -0.4 is 0 Å². The molecule has 0 rings (SSSR count). The van der Waals surface area contributed by atoms with Crippen molar-refractivity contribution >= 4 is 17.9 Å². The first kappa shape index (κ1) is 55.9. The van der Waals surface area contributed by atoms with Crippen LogP contribution in [0, 0.1) is 0 Å². The highest BCUT2D eigenvalue weighted by Gasteiger charge is 2.19. The highest BCUT2D eigenvalue weighted by molar-refractivity contribution is 5.71. The van der Waals surface area contributed by atoms with Crippen LogP contribution in [0.3, 0.4) is 0 Å². The van der Waals surface area contributed by atoms with Gasteiger partial charge in [0.05, 0.1) is 0 Å². The van der Waals surface area contributed by atoms with Crippen molar-refractivity contribution in [3.63, 3.8) is 0 Å². The summed E-state index contributed by atoms with van der Waals surface area (Å²) in [6.07, 6.45) is 59.1. The zero-order chi connectivity index (χ0) is 43.0. The lowest BCUT2D eigenvalue weighted by Gasteiger charge is -2.18. The van der Waals surface area contributed by atoms with Gasteiger partial charge in [-0.05, 0) is 70.6 Å². The van der Waals surface area contributed by atoms with Gasteiger partial charge in [0, 0.05) is 19.3 Å². The molecule has 0 aliphatic carbocycles. The lowest BCUT2D eigenvalue weighted by molar-refractivity contribution is -0.167. The molecule has 6 nitrogen and oxygen atoms in total. The van der Waals surface area contributed by atoms with E-state index >= 15 is 0 Å². The van der Waals surface area contributed by atoms with Crippen molar-refractivity contribution in [3.8, 4) is 0 Å². The molecule has 0 aromatic heterocycles. The molecule has 0 saturated carbocycles. The van der Waals surface area contributed by atoms with Gasteiger partial charge >= 0.3 is 17.9 Å². The minimum Gasteiger partial charge on any atom is -0.462 e. The lowest BCUT2D eigenvalue weighted by Crippen LogP contribution is -2.30. The molecule has 0 saturated heterocycles. The van der Waals surface area contributed by atoms with E-state index in [1.807, 2.05) is 0 Å². The van der Waals surface area contributed by atoms with E-state index in [-0.39, 0.29) is 31.1 Å². The van der Waals surface area contributed by atoms with Crippen molar-refractivity contribution in [2.24, 2.45) is 0 Å². The quantitative estimate of drug-likeness (QED) is 0.0264. The van der Waals surface area contributed by atoms with Crippen molar-refractivity contribution in [3.05, 3.63) is 72.9 Å². The van der Waals surface area contributed by atoms with E-state index in [4.69, 9.17) is 14.2 Å². The minimum absolute atomic E-state index is 0.0791. The summed E-state index contributed by atoms with van der Waals surface area (Å²) in [6.45, 7) is 6.43. The average molecular weight is 823 g/mol. The minimum atomic E-state index is -0.774. The molecular weight excluding hydrogens is 733 g/mol. The van der Waals surface area contributed by atoms with Gasteiger partial charge in [-0.15, -0.1) is 0 Å². The summed E-state index contributed by atoms with van der Waals surface area (Å²) in [7, 11) is 0. The zero-order valence-corrected chi connectivity index (χ0v) is 38.5. The molecule has 6 heteroatoms. The third-order valence-corrected chi connectivity index (χ3v) is 10.2. The molecular formula is C53H90O6. The second kappa shape index (κ2) is 47.5. The molecule has 338 valence electrons. The fourth-order valence-corrected chi connectivity index (χ4v) is 6.56. The molecule has 59 heavy (non-hydrogen) atoms. The summed E-state index contributed by atoms with van der Waals surface area (Å²) >= 11 is 0. The SMILES string of the molecule is CC/C=C\C/C=C\C/C=C\C/C=C\C/C=C\C/C=C\CCCCCCCCC(=O)OCC(COC(=O)CCCCCCCC)OC(=O)CCCCCCCCCCCC. The predicted octanol–water partition coefficient (Wildman–Crippen LogP) is 15.9. The van der Waals surface area contributed by atoms with E-state index < -0.39 is 6.10 Å². The Morgan fingerprint density at radius 3 is 1.03 bits per heavy atom. The van der Waals surface area contributed by atoms with E-state index in [2.05, 4.69) is 93.7 Å². The molecule has 0 radical (unpaired) electrons. The third-order valence-electron chi connectivity index (χ3n) is 10.2. The number of carbonyl (C=O) groups excluding carboxylic acids is 3. The highest BCUT2D eigenvalue weighted by atomic mass is 16.6. The Morgan fingerprint density at radius 2 is 0.661 bits per heavy atom. The van der Waals surface area contributed by atoms with Crippen molar-refractivity contribution in [2.45, 2.75) is 232 Å². The number of esters is 3. The zero-order valence-electron chi connectivity index (χ0n) is 38.5. The van der Waals surface area contributed by atoms with E-state index in [0.29, 0.717) is 19.3 Å². The first-order chi connectivity index (χ1) is 29.0. The maximum absolute atomic E-state index is 12.7. The Balaban J connectivity index is 4.17. The number of carbonyl (C=O) groups is 3. The van der Waals surface area contributed by atoms with Crippen molar-refractivity contribution in [2.75, 3.05) is 13.2 Å². The van der Waals surface area contributed by atoms with Gasteiger partial charge in [0.15, 0.2) is 6.10 Å². The summed E-state index contributed by atoms with van der Waals surface area (Å²) < 4.78 is 16.6. The van der Waals surface area contributed by atoms with Gasteiger partial charge in [-0.3, -0.25) is 14.4 Å². The second-order valence-corrected chi connectivity index (χ2v) is 16.0. The molecule has 0 aliphatic rings. The van der Waals surface area contributed by atoms with Crippen LogP contribution in [0.15, 0.2) is 72.9 Å². The van der Waals surface area contributed by atoms with E-state index in [9.17, 15) is 14.4 Å². The van der Waals surface area contributed by atoms with Crippen LogP contribution in [0.1, 0.15) is 226 Å². The molecule has 0 bridgehead atoms. The standard InChI is InChI=1S/C53H90O6/c1-4-7-10-13-16-18-20-21-22-23-24-25-26-27-28-29-30-31-32-33-34-36-37-40-43-46-52(55)58-49-50(48-57-51(54)45-42-39-15-12-9-6-3)59-53(56)47-44-41-38-35-19-17-14-11-8-5-2/h7,10,16,18,21-22,24-25,27-28,30-31,50H,4-6,8-9,11-15,17,19-20,23,26,29,32-49H2,1-3H3/b10-7-,18-16-,22-21-,25-24-,28-27-,31-30-. The van der Waals surface area contributed by atoms with Gasteiger partial charge in [0.1, 0.15) is 13.2 Å². The maximum Gasteiger partial charge on any atom is 0.306 e. The number of unbranched alkanes of at least 4 members (excludes halogenated alkanes) is 20. The van der Waals surface area contributed by atoms with E-state index in [1.165, 1.54) is 83.5 Å². The highest BCUT2D eigenvalue weighted by Crippen LogP contribution is 2.14. The van der Waals surface area contributed by atoms with Gasteiger partial charge in [-0.1, -0.05) is 209 Å².